The van der Waals surface area contributed by atoms with E-state index in [0.29, 0.717) is 13.2 Å². The summed E-state index contributed by atoms with van der Waals surface area (Å²) in [6.45, 7) is 5.24. The van der Waals surface area contributed by atoms with Crippen LogP contribution in [-0.2, 0) is 0 Å². The fraction of sp³-hybridized carbons (Fsp3) is 0.167. The molecule has 0 aliphatic rings. The largest absolute Gasteiger partial charge is 0.673 e. The molecule has 4 aromatic rings. The van der Waals surface area contributed by atoms with E-state index >= 15 is 0 Å². The molecule has 0 aliphatic heterocycles. The number of benzene rings is 3. The van der Waals surface area contributed by atoms with E-state index in [9.17, 15) is 17.3 Å². The van der Waals surface area contributed by atoms with Gasteiger partial charge in [-0.2, -0.15) is 0 Å². The highest BCUT2D eigenvalue weighted by Gasteiger charge is 2.20. The van der Waals surface area contributed by atoms with Crippen molar-refractivity contribution in [3.63, 3.8) is 0 Å². The number of halogens is 4. The Kier molecular flexibility index (Phi) is 10.5. The summed E-state index contributed by atoms with van der Waals surface area (Å²) in [7, 11) is -4.33. The Balaban J connectivity index is 0.000000771. The summed E-state index contributed by atoms with van der Waals surface area (Å²) in [5, 5.41) is 0. The summed E-state index contributed by atoms with van der Waals surface area (Å²) in [6, 6.07) is 28.1. The molecule has 1 aromatic heterocycles. The molecule has 0 unspecified atom stereocenters. The first-order valence-corrected chi connectivity index (χ1v) is 12.3. The summed E-state index contributed by atoms with van der Waals surface area (Å²) in [6.07, 6.45) is 4.01. The second-order valence-corrected chi connectivity index (χ2v) is 8.13. The Morgan fingerprint density at radius 3 is 1.62 bits per heavy atom. The van der Waals surface area contributed by atoms with Crippen molar-refractivity contribution in [2.24, 2.45) is 0 Å². The molecule has 39 heavy (non-hydrogen) atoms. The number of rotatable bonds is 9. The molecule has 0 amide bonds. The second kappa shape index (κ2) is 14.0. The average molecular weight is 540 g/mol. The SMILES string of the molecule is CCOc1ccc(-c2cc(/C=C/c3ccc(OC)cc3)[o+]c(-c3ccc(OCC)cc3)c2)cc1.F[B-](F)(F)F. The summed E-state index contributed by atoms with van der Waals surface area (Å²) in [4.78, 5) is 0. The highest BCUT2D eigenvalue weighted by molar-refractivity contribution is 6.50. The first kappa shape index (κ1) is 29.3. The van der Waals surface area contributed by atoms with Crippen molar-refractivity contribution in [1.29, 1.82) is 0 Å². The Morgan fingerprint density at radius 2 is 1.13 bits per heavy atom. The maximum atomic E-state index is 9.75. The van der Waals surface area contributed by atoms with E-state index < -0.39 is 7.25 Å². The molecule has 4 nitrogen and oxygen atoms in total. The number of methoxy groups -OCH3 is 1. The van der Waals surface area contributed by atoms with Crippen molar-refractivity contribution in [2.75, 3.05) is 20.3 Å². The molecule has 9 heteroatoms. The molecule has 3 aromatic carbocycles. The second-order valence-electron chi connectivity index (χ2n) is 8.13. The molecule has 4 rings (SSSR count). The normalized spacial score (nSPS) is 11.1. The maximum Gasteiger partial charge on any atom is 0.673 e. The summed E-state index contributed by atoms with van der Waals surface area (Å²) < 4.78 is 61.7. The first-order valence-electron chi connectivity index (χ1n) is 12.3. The van der Waals surface area contributed by atoms with Gasteiger partial charge in [-0.15, -0.1) is 0 Å². The third-order valence-corrected chi connectivity index (χ3v) is 5.32. The topological polar surface area (TPSA) is 39.0 Å². The van der Waals surface area contributed by atoms with Gasteiger partial charge in [0.1, 0.15) is 17.2 Å². The molecule has 0 radical (unpaired) electrons. The lowest BCUT2D eigenvalue weighted by molar-refractivity contribution is 0.340. The lowest BCUT2D eigenvalue weighted by Crippen LogP contribution is -2.02. The molecule has 0 fully saturated rings. The van der Waals surface area contributed by atoms with Gasteiger partial charge < -0.3 is 31.5 Å². The predicted molar refractivity (Wildman–Crippen MR) is 148 cm³/mol. The predicted octanol–water partition coefficient (Wildman–Crippen LogP) is 9.17. The summed E-state index contributed by atoms with van der Waals surface area (Å²) >= 11 is 0. The monoisotopic (exact) mass is 540 g/mol. The molecule has 0 N–H and O–H groups in total. The summed E-state index contributed by atoms with van der Waals surface area (Å²) in [5.74, 6) is 4.07. The van der Waals surface area contributed by atoms with Crippen LogP contribution in [0.1, 0.15) is 25.2 Å². The molecule has 0 spiro atoms. The standard InChI is InChI=1S/C30H29O4.BF4/c1-4-32-27-16-9-23(10-17-27)25-20-29(15-8-22-6-13-26(31-3)14-7-22)34-30(21-25)24-11-18-28(19-12-24)33-5-2;2-1(3,4)5/h6-21H,4-5H2,1-3H3;/q+1;-1/b15-8+;. The molecule has 0 saturated carbocycles. The van der Waals surface area contributed by atoms with Crippen LogP contribution < -0.4 is 14.2 Å². The molecule has 1 heterocycles. The summed E-state index contributed by atoms with van der Waals surface area (Å²) in [5.41, 5.74) is 4.19. The molecule has 0 aliphatic carbocycles. The quantitative estimate of drug-likeness (QED) is 0.121. The molecular formula is C30H29BF4O4. The van der Waals surface area contributed by atoms with Crippen molar-refractivity contribution in [3.8, 4) is 39.7 Å². The molecule has 0 atom stereocenters. The van der Waals surface area contributed by atoms with Gasteiger partial charge >= 0.3 is 18.8 Å². The van der Waals surface area contributed by atoms with Gasteiger partial charge in [-0.3, -0.25) is 0 Å². The van der Waals surface area contributed by atoms with Gasteiger partial charge in [-0.1, -0.05) is 24.3 Å². The molecule has 0 bridgehead atoms. The Hall–Kier alpha value is -4.27. The number of hydrogen-bond donors (Lipinski definition) is 0. The highest BCUT2D eigenvalue weighted by atomic mass is 19.5. The maximum absolute atomic E-state index is 9.75. The van der Waals surface area contributed by atoms with Gasteiger partial charge in [0.2, 0.25) is 0 Å². The number of ether oxygens (including phenoxy) is 3. The zero-order valence-corrected chi connectivity index (χ0v) is 21.9. The molecular weight excluding hydrogens is 511 g/mol. The third kappa shape index (κ3) is 9.85. The Labute approximate surface area is 225 Å². The van der Waals surface area contributed by atoms with Crippen LogP contribution in [-0.4, -0.2) is 27.6 Å². The van der Waals surface area contributed by atoms with Crippen molar-refractivity contribution < 1.29 is 35.9 Å². The van der Waals surface area contributed by atoms with Crippen LogP contribution in [0.3, 0.4) is 0 Å². The van der Waals surface area contributed by atoms with Gasteiger partial charge in [0.25, 0.3) is 0 Å². The lowest BCUT2D eigenvalue weighted by Gasteiger charge is -2.05. The molecule has 0 saturated heterocycles. The van der Waals surface area contributed by atoms with E-state index in [4.69, 9.17) is 18.6 Å². The van der Waals surface area contributed by atoms with Gasteiger partial charge in [-0.05, 0) is 79.6 Å². The zero-order chi connectivity index (χ0) is 28.3. The van der Waals surface area contributed by atoms with Crippen LogP contribution in [0.4, 0.5) is 17.3 Å². The fourth-order valence-electron chi connectivity index (χ4n) is 3.60. The Bertz CT molecular complexity index is 1260. The van der Waals surface area contributed by atoms with Crippen LogP contribution in [0.25, 0.3) is 34.6 Å². The van der Waals surface area contributed by atoms with E-state index in [-0.39, 0.29) is 0 Å². The van der Waals surface area contributed by atoms with E-state index in [2.05, 4.69) is 18.2 Å². The van der Waals surface area contributed by atoms with E-state index in [1.54, 1.807) is 7.11 Å². The lowest BCUT2D eigenvalue weighted by atomic mass is 10.0. The van der Waals surface area contributed by atoms with E-state index in [1.807, 2.05) is 92.7 Å². The minimum absolute atomic E-state index is 0.636. The third-order valence-electron chi connectivity index (χ3n) is 5.32. The molecule has 204 valence electrons. The minimum Gasteiger partial charge on any atom is -0.497 e. The zero-order valence-electron chi connectivity index (χ0n) is 21.9. The van der Waals surface area contributed by atoms with E-state index in [0.717, 1.165) is 51.0 Å². The highest BCUT2D eigenvalue weighted by Crippen LogP contribution is 2.31. The average Bonchev–Trinajstić information content (AvgIpc) is 2.92. The Morgan fingerprint density at radius 1 is 0.641 bits per heavy atom. The fourth-order valence-corrected chi connectivity index (χ4v) is 3.60. The van der Waals surface area contributed by atoms with Crippen LogP contribution in [0.5, 0.6) is 17.2 Å². The van der Waals surface area contributed by atoms with Crippen molar-refractivity contribution in [2.45, 2.75) is 13.8 Å². The van der Waals surface area contributed by atoms with Gasteiger partial charge in [-0.25, -0.2) is 4.42 Å². The van der Waals surface area contributed by atoms with Crippen LogP contribution in [0, 0.1) is 0 Å². The van der Waals surface area contributed by atoms with E-state index in [1.165, 1.54) is 0 Å². The van der Waals surface area contributed by atoms with Crippen molar-refractivity contribution in [3.05, 3.63) is 96.3 Å². The van der Waals surface area contributed by atoms with Gasteiger partial charge in [0, 0.05) is 11.6 Å². The smallest absolute Gasteiger partial charge is 0.497 e. The van der Waals surface area contributed by atoms with Crippen LogP contribution in [0.15, 0.2) is 89.3 Å². The van der Waals surface area contributed by atoms with Gasteiger partial charge in [0.05, 0.1) is 38.0 Å². The first-order chi connectivity index (χ1) is 18.7. The van der Waals surface area contributed by atoms with Crippen LogP contribution in [0.2, 0.25) is 0 Å². The van der Waals surface area contributed by atoms with Gasteiger partial charge in [0.15, 0.2) is 0 Å². The van der Waals surface area contributed by atoms with Crippen molar-refractivity contribution in [1.82, 2.24) is 0 Å². The van der Waals surface area contributed by atoms with Crippen LogP contribution >= 0.6 is 0 Å². The minimum atomic E-state index is -6.00. The number of hydrogen-bond acceptors (Lipinski definition) is 3. The van der Waals surface area contributed by atoms with Crippen molar-refractivity contribution >= 4 is 19.4 Å².